The van der Waals surface area contributed by atoms with Gasteiger partial charge in [0.15, 0.2) is 0 Å². The maximum atomic E-state index is 11.5. The molecule has 0 aromatic heterocycles. The summed E-state index contributed by atoms with van der Waals surface area (Å²) in [5.74, 6) is -0.426. The number of non-ortho nitro benzene ring substituents is 1. The number of carbonyl (C=O) groups excluding carboxylic acids is 1. The van der Waals surface area contributed by atoms with E-state index < -0.39 is 10.9 Å². The molecule has 0 saturated heterocycles. The van der Waals surface area contributed by atoms with Crippen molar-refractivity contribution >= 4 is 23.4 Å². The third-order valence-electron chi connectivity index (χ3n) is 2.79. The van der Waals surface area contributed by atoms with Gasteiger partial charge in [0, 0.05) is 21.9 Å². The largest absolute Gasteiger partial charge is 0.469 e. The second kappa shape index (κ2) is 6.90. The molecule has 2 aromatic carbocycles. The van der Waals surface area contributed by atoms with Gasteiger partial charge in [-0.25, -0.2) is 0 Å². The molecular weight excluding hydrogens is 290 g/mol. The molecule has 0 aliphatic carbocycles. The van der Waals surface area contributed by atoms with Crippen LogP contribution in [0.25, 0.3) is 0 Å². The zero-order chi connectivity index (χ0) is 15.2. The van der Waals surface area contributed by atoms with Gasteiger partial charge < -0.3 is 4.74 Å². The van der Waals surface area contributed by atoms with Crippen LogP contribution in [0.1, 0.15) is 5.56 Å². The van der Waals surface area contributed by atoms with Crippen LogP contribution < -0.4 is 0 Å². The van der Waals surface area contributed by atoms with Gasteiger partial charge in [0.2, 0.25) is 0 Å². The molecule has 0 unspecified atom stereocenters. The number of benzene rings is 2. The lowest BCUT2D eigenvalue weighted by molar-refractivity contribution is -0.385. The van der Waals surface area contributed by atoms with E-state index in [1.807, 2.05) is 30.3 Å². The minimum Gasteiger partial charge on any atom is -0.469 e. The van der Waals surface area contributed by atoms with Gasteiger partial charge in [-0.1, -0.05) is 30.0 Å². The predicted octanol–water partition coefficient (Wildman–Crippen LogP) is 3.46. The lowest BCUT2D eigenvalue weighted by atomic mass is 10.1. The van der Waals surface area contributed by atoms with Crippen molar-refractivity contribution in [1.29, 1.82) is 0 Å². The Balaban J connectivity index is 2.34. The number of nitro benzene ring substituents is 1. The first-order chi connectivity index (χ1) is 10.1. The van der Waals surface area contributed by atoms with E-state index in [-0.39, 0.29) is 12.1 Å². The molecule has 0 amide bonds. The van der Waals surface area contributed by atoms with Crippen molar-refractivity contribution in [3.05, 3.63) is 64.2 Å². The minimum atomic E-state index is -0.474. The van der Waals surface area contributed by atoms with Crippen molar-refractivity contribution in [1.82, 2.24) is 0 Å². The van der Waals surface area contributed by atoms with E-state index in [1.54, 1.807) is 6.07 Å². The van der Waals surface area contributed by atoms with Gasteiger partial charge in [-0.05, 0) is 23.8 Å². The van der Waals surface area contributed by atoms with Crippen molar-refractivity contribution < 1.29 is 14.5 Å². The molecule has 5 nitrogen and oxygen atoms in total. The molecule has 0 aliphatic heterocycles. The van der Waals surface area contributed by atoms with E-state index in [1.165, 1.54) is 31.0 Å². The Morgan fingerprint density at radius 2 is 1.95 bits per heavy atom. The van der Waals surface area contributed by atoms with Gasteiger partial charge in [0.1, 0.15) is 0 Å². The van der Waals surface area contributed by atoms with Gasteiger partial charge >= 0.3 is 5.97 Å². The molecule has 0 spiro atoms. The van der Waals surface area contributed by atoms with Crippen molar-refractivity contribution in [3.63, 3.8) is 0 Å². The van der Waals surface area contributed by atoms with Crippen molar-refractivity contribution in [3.8, 4) is 0 Å². The minimum absolute atomic E-state index is 0.00729. The Bertz CT molecular complexity index is 658. The van der Waals surface area contributed by atoms with Crippen molar-refractivity contribution in [2.24, 2.45) is 0 Å². The van der Waals surface area contributed by atoms with Crippen molar-refractivity contribution in [2.75, 3.05) is 7.11 Å². The highest BCUT2D eigenvalue weighted by Crippen LogP contribution is 2.32. The summed E-state index contributed by atoms with van der Waals surface area (Å²) in [6.45, 7) is 0. The van der Waals surface area contributed by atoms with Crippen LogP contribution in [0.15, 0.2) is 58.3 Å². The van der Waals surface area contributed by atoms with Gasteiger partial charge in [0.25, 0.3) is 5.69 Å². The molecule has 0 fully saturated rings. The van der Waals surface area contributed by atoms with E-state index >= 15 is 0 Å². The topological polar surface area (TPSA) is 69.4 Å². The SMILES string of the molecule is COC(=O)Cc1cc([N+](=O)[O-])ccc1Sc1ccccc1. The molecule has 0 atom stereocenters. The zero-order valence-electron chi connectivity index (χ0n) is 11.3. The fourth-order valence-electron chi connectivity index (χ4n) is 1.76. The molecule has 0 saturated carbocycles. The fraction of sp³-hybridized carbons (Fsp3) is 0.133. The molecule has 0 heterocycles. The smallest absolute Gasteiger partial charge is 0.310 e. The molecule has 2 aromatic rings. The highest BCUT2D eigenvalue weighted by molar-refractivity contribution is 7.99. The molecule has 0 bridgehead atoms. The summed E-state index contributed by atoms with van der Waals surface area (Å²) < 4.78 is 4.64. The van der Waals surface area contributed by atoms with E-state index in [0.29, 0.717) is 5.56 Å². The normalized spacial score (nSPS) is 10.1. The number of rotatable bonds is 5. The maximum Gasteiger partial charge on any atom is 0.310 e. The summed E-state index contributed by atoms with van der Waals surface area (Å²) in [7, 11) is 1.30. The number of nitro groups is 1. The summed E-state index contributed by atoms with van der Waals surface area (Å²) >= 11 is 1.46. The van der Waals surface area contributed by atoms with Gasteiger partial charge in [0.05, 0.1) is 18.5 Å². The van der Waals surface area contributed by atoms with Gasteiger partial charge in [-0.2, -0.15) is 0 Å². The number of methoxy groups -OCH3 is 1. The fourth-order valence-corrected chi connectivity index (χ4v) is 2.71. The van der Waals surface area contributed by atoms with Crippen LogP contribution in [0.4, 0.5) is 5.69 Å². The van der Waals surface area contributed by atoms with E-state index in [4.69, 9.17) is 0 Å². The molecule has 0 N–H and O–H groups in total. The molecule has 2 rings (SSSR count). The third kappa shape index (κ3) is 4.06. The van der Waals surface area contributed by atoms with E-state index in [9.17, 15) is 14.9 Å². The van der Waals surface area contributed by atoms with E-state index in [2.05, 4.69) is 4.74 Å². The standard InChI is InChI=1S/C15H13NO4S/c1-20-15(17)10-11-9-12(16(18)19)7-8-14(11)21-13-5-3-2-4-6-13/h2-9H,10H2,1H3. The molecule has 0 radical (unpaired) electrons. The zero-order valence-corrected chi connectivity index (χ0v) is 12.1. The van der Waals surface area contributed by atoms with Gasteiger partial charge in [-0.3, -0.25) is 14.9 Å². The Kier molecular flexibility index (Phi) is 4.94. The Morgan fingerprint density at radius 1 is 1.24 bits per heavy atom. The van der Waals surface area contributed by atoms with Crippen LogP contribution in [-0.2, 0) is 16.0 Å². The van der Waals surface area contributed by atoms with Crippen LogP contribution in [0.5, 0.6) is 0 Å². The molecule has 0 aliphatic rings. The molecule has 108 valence electrons. The number of hydrogen-bond acceptors (Lipinski definition) is 5. The summed E-state index contributed by atoms with van der Waals surface area (Å²) in [5, 5.41) is 10.9. The summed E-state index contributed by atoms with van der Waals surface area (Å²) in [6, 6.07) is 14.1. The lowest BCUT2D eigenvalue weighted by Crippen LogP contribution is -2.06. The van der Waals surface area contributed by atoms with Crippen LogP contribution in [0.2, 0.25) is 0 Å². The Hall–Kier alpha value is -2.34. The Morgan fingerprint density at radius 3 is 2.57 bits per heavy atom. The predicted molar refractivity (Wildman–Crippen MR) is 79.4 cm³/mol. The first-order valence-electron chi connectivity index (χ1n) is 6.17. The summed E-state index contributed by atoms with van der Waals surface area (Å²) in [4.78, 5) is 23.7. The van der Waals surface area contributed by atoms with Gasteiger partial charge in [-0.15, -0.1) is 0 Å². The first kappa shape index (κ1) is 15.1. The first-order valence-corrected chi connectivity index (χ1v) is 6.99. The third-order valence-corrected chi connectivity index (χ3v) is 3.91. The Labute approximate surface area is 126 Å². The monoisotopic (exact) mass is 303 g/mol. The molecular formula is C15H13NO4S. The van der Waals surface area contributed by atoms with Crippen molar-refractivity contribution in [2.45, 2.75) is 16.2 Å². The number of carbonyl (C=O) groups is 1. The van der Waals surface area contributed by atoms with Crippen LogP contribution in [0.3, 0.4) is 0 Å². The van der Waals surface area contributed by atoms with Crippen LogP contribution in [-0.4, -0.2) is 18.0 Å². The maximum absolute atomic E-state index is 11.5. The highest BCUT2D eigenvalue weighted by Gasteiger charge is 2.14. The highest BCUT2D eigenvalue weighted by atomic mass is 32.2. The average molecular weight is 303 g/mol. The summed E-state index contributed by atoms with van der Waals surface area (Å²) in [6.07, 6.45) is 0.00729. The van der Waals surface area contributed by atoms with Crippen LogP contribution >= 0.6 is 11.8 Å². The lowest BCUT2D eigenvalue weighted by Gasteiger charge is -2.08. The van der Waals surface area contributed by atoms with E-state index in [0.717, 1.165) is 9.79 Å². The quantitative estimate of drug-likeness (QED) is 0.480. The number of nitrogens with zero attached hydrogens (tertiary/aromatic N) is 1. The molecule has 6 heteroatoms. The second-order valence-corrected chi connectivity index (χ2v) is 5.33. The number of esters is 1. The number of hydrogen-bond donors (Lipinski definition) is 0. The average Bonchev–Trinajstić information content (AvgIpc) is 2.49. The molecule has 21 heavy (non-hydrogen) atoms. The second-order valence-electron chi connectivity index (χ2n) is 4.22. The van der Waals surface area contributed by atoms with Crippen LogP contribution in [0, 0.1) is 10.1 Å². The number of ether oxygens (including phenoxy) is 1. The summed E-state index contributed by atoms with van der Waals surface area (Å²) in [5.41, 5.74) is 0.552.